The van der Waals surface area contributed by atoms with E-state index in [1.807, 2.05) is 13.8 Å². The van der Waals surface area contributed by atoms with E-state index in [0.29, 0.717) is 12.3 Å². The van der Waals surface area contributed by atoms with Gasteiger partial charge in [0.1, 0.15) is 5.82 Å². The lowest BCUT2D eigenvalue weighted by molar-refractivity contribution is 0.344. The number of rotatable bonds is 6. The third-order valence-corrected chi connectivity index (χ3v) is 5.49. The molecule has 0 aromatic heterocycles. The van der Waals surface area contributed by atoms with Crippen molar-refractivity contribution < 1.29 is 12.8 Å². The Morgan fingerprint density at radius 3 is 2.50 bits per heavy atom. The van der Waals surface area contributed by atoms with Crippen LogP contribution in [-0.4, -0.2) is 20.5 Å². The molecule has 1 aromatic rings. The summed E-state index contributed by atoms with van der Waals surface area (Å²) in [7, 11) is -3.77. The molecule has 0 spiro atoms. The maximum Gasteiger partial charge on any atom is 0.242 e. The summed E-state index contributed by atoms with van der Waals surface area (Å²) in [4.78, 5) is 0.00216. The molecule has 114 valence electrons. The molecule has 1 rings (SSSR count). The second kappa shape index (κ2) is 6.51. The Balaban J connectivity index is 3.10. The molecule has 0 fully saturated rings. The zero-order valence-electron chi connectivity index (χ0n) is 11.8. The predicted molar refractivity (Wildman–Crippen MR) is 81.3 cm³/mol. The van der Waals surface area contributed by atoms with Crippen LogP contribution in [0.2, 0.25) is 0 Å². The Morgan fingerprint density at radius 1 is 1.45 bits per heavy atom. The second-order valence-corrected chi connectivity index (χ2v) is 8.05. The molecular formula is C13H20BrFN2O2S. The Kier molecular flexibility index (Phi) is 5.71. The fraction of sp³-hybridized carbons (Fsp3) is 0.538. The number of hydrogen-bond acceptors (Lipinski definition) is 3. The molecule has 20 heavy (non-hydrogen) atoms. The van der Waals surface area contributed by atoms with Gasteiger partial charge in [-0.05, 0) is 53.4 Å². The lowest BCUT2D eigenvalue weighted by Crippen LogP contribution is -2.52. The van der Waals surface area contributed by atoms with E-state index in [4.69, 9.17) is 5.73 Å². The van der Waals surface area contributed by atoms with Gasteiger partial charge >= 0.3 is 0 Å². The van der Waals surface area contributed by atoms with Crippen LogP contribution in [0.25, 0.3) is 0 Å². The van der Waals surface area contributed by atoms with Gasteiger partial charge in [0, 0.05) is 16.6 Å². The Bertz CT molecular complexity index is 578. The van der Waals surface area contributed by atoms with Gasteiger partial charge in [-0.2, -0.15) is 0 Å². The van der Waals surface area contributed by atoms with Gasteiger partial charge < -0.3 is 5.73 Å². The van der Waals surface area contributed by atoms with Crippen LogP contribution in [0.15, 0.2) is 27.6 Å². The van der Waals surface area contributed by atoms with Gasteiger partial charge in [0.2, 0.25) is 10.0 Å². The second-order valence-electron chi connectivity index (χ2n) is 5.54. The average molecular weight is 367 g/mol. The summed E-state index contributed by atoms with van der Waals surface area (Å²) < 4.78 is 40.7. The van der Waals surface area contributed by atoms with Crippen LogP contribution in [-0.2, 0) is 10.0 Å². The smallest absolute Gasteiger partial charge is 0.242 e. The molecule has 1 unspecified atom stereocenters. The summed E-state index contributed by atoms with van der Waals surface area (Å²) in [5.74, 6) is -0.206. The molecule has 0 saturated heterocycles. The maximum absolute atomic E-state index is 13.0. The quantitative estimate of drug-likeness (QED) is 0.812. The molecule has 3 N–H and O–H groups in total. The zero-order chi connectivity index (χ0) is 15.6. The molecule has 0 saturated carbocycles. The summed E-state index contributed by atoms with van der Waals surface area (Å²) in [6.07, 6.45) is 0.613. The van der Waals surface area contributed by atoms with Crippen LogP contribution in [0, 0.1) is 11.7 Å². The number of halogens is 2. The lowest BCUT2D eigenvalue weighted by Gasteiger charge is -2.30. The first-order chi connectivity index (χ1) is 9.09. The van der Waals surface area contributed by atoms with Crippen molar-refractivity contribution in [1.29, 1.82) is 0 Å². The van der Waals surface area contributed by atoms with E-state index in [1.165, 1.54) is 6.07 Å². The minimum Gasteiger partial charge on any atom is -0.329 e. The van der Waals surface area contributed by atoms with Crippen LogP contribution >= 0.6 is 15.9 Å². The number of hydrogen-bond donors (Lipinski definition) is 2. The standard InChI is InChI=1S/C13H20BrFN2O2S/c1-9(2)7-13(3,8-16)17-20(18,19)12-5-4-10(15)6-11(12)14/h4-6,9,17H,7-8,16H2,1-3H3. The van der Waals surface area contributed by atoms with Crippen molar-refractivity contribution >= 4 is 26.0 Å². The number of benzene rings is 1. The Labute approximate surface area is 128 Å². The van der Waals surface area contributed by atoms with Gasteiger partial charge in [-0.15, -0.1) is 0 Å². The SMILES string of the molecule is CC(C)CC(C)(CN)NS(=O)(=O)c1ccc(F)cc1Br. The van der Waals surface area contributed by atoms with Crippen molar-refractivity contribution in [2.45, 2.75) is 37.6 Å². The van der Waals surface area contributed by atoms with E-state index in [1.54, 1.807) is 6.92 Å². The molecule has 0 aliphatic carbocycles. The molecule has 1 atom stereocenters. The van der Waals surface area contributed by atoms with Crippen molar-refractivity contribution in [2.24, 2.45) is 11.7 Å². The Morgan fingerprint density at radius 2 is 2.05 bits per heavy atom. The average Bonchev–Trinajstić information content (AvgIpc) is 2.26. The molecule has 0 aliphatic rings. The highest BCUT2D eigenvalue weighted by Crippen LogP contribution is 2.25. The minimum absolute atomic E-state index is 0.00216. The molecule has 0 bridgehead atoms. The summed E-state index contributed by atoms with van der Waals surface area (Å²) in [5.41, 5.74) is 4.97. The van der Waals surface area contributed by atoms with Crippen LogP contribution in [0.5, 0.6) is 0 Å². The largest absolute Gasteiger partial charge is 0.329 e. The van der Waals surface area contributed by atoms with E-state index in [0.717, 1.165) is 12.1 Å². The predicted octanol–water partition coefficient (Wildman–Crippen LogP) is 2.63. The third-order valence-electron chi connectivity index (χ3n) is 2.87. The molecule has 0 amide bonds. The fourth-order valence-electron chi connectivity index (χ4n) is 2.14. The number of nitrogens with two attached hydrogens (primary N) is 1. The van der Waals surface area contributed by atoms with Crippen molar-refractivity contribution in [1.82, 2.24) is 4.72 Å². The van der Waals surface area contributed by atoms with Gasteiger partial charge in [0.15, 0.2) is 0 Å². The van der Waals surface area contributed by atoms with Crippen LogP contribution in [0.4, 0.5) is 4.39 Å². The van der Waals surface area contributed by atoms with Crippen LogP contribution < -0.4 is 10.5 Å². The highest BCUT2D eigenvalue weighted by molar-refractivity contribution is 9.10. The van der Waals surface area contributed by atoms with Crippen molar-refractivity contribution in [3.63, 3.8) is 0 Å². The molecule has 0 aliphatic heterocycles. The van der Waals surface area contributed by atoms with E-state index in [2.05, 4.69) is 20.7 Å². The van der Waals surface area contributed by atoms with E-state index < -0.39 is 21.4 Å². The lowest BCUT2D eigenvalue weighted by atomic mass is 9.92. The van der Waals surface area contributed by atoms with E-state index in [9.17, 15) is 12.8 Å². The highest BCUT2D eigenvalue weighted by atomic mass is 79.9. The van der Waals surface area contributed by atoms with E-state index in [-0.39, 0.29) is 15.9 Å². The summed E-state index contributed by atoms with van der Waals surface area (Å²) in [6, 6.07) is 3.46. The number of sulfonamides is 1. The Hall–Kier alpha value is -0.500. The first-order valence-corrected chi connectivity index (χ1v) is 8.56. The van der Waals surface area contributed by atoms with Crippen LogP contribution in [0.3, 0.4) is 0 Å². The molecule has 4 nitrogen and oxygen atoms in total. The molecule has 0 radical (unpaired) electrons. The van der Waals surface area contributed by atoms with Crippen molar-refractivity contribution in [3.8, 4) is 0 Å². The topological polar surface area (TPSA) is 72.2 Å². The van der Waals surface area contributed by atoms with Gasteiger partial charge in [-0.25, -0.2) is 17.5 Å². The monoisotopic (exact) mass is 366 g/mol. The molecular weight excluding hydrogens is 347 g/mol. The van der Waals surface area contributed by atoms with Crippen molar-refractivity contribution in [3.05, 3.63) is 28.5 Å². The summed E-state index contributed by atoms with van der Waals surface area (Å²) >= 11 is 3.07. The first kappa shape index (κ1) is 17.6. The molecule has 0 heterocycles. The van der Waals surface area contributed by atoms with Crippen molar-refractivity contribution in [2.75, 3.05) is 6.54 Å². The normalized spacial score (nSPS) is 15.3. The maximum atomic E-state index is 13.0. The van der Waals surface area contributed by atoms with Gasteiger partial charge in [0.05, 0.1) is 4.90 Å². The highest BCUT2D eigenvalue weighted by Gasteiger charge is 2.31. The summed E-state index contributed by atoms with van der Waals surface area (Å²) in [6.45, 7) is 5.94. The van der Waals surface area contributed by atoms with E-state index >= 15 is 0 Å². The van der Waals surface area contributed by atoms with Crippen LogP contribution in [0.1, 0.15) is 27.2 Å². The number of nitrogens with one attached hydrogen (secondary N) is 1. The van der Waals surface area contributed by atoms with Gasteiger partial charge in [0.25, 0.3) is 0 Å². The fourth-order valence-corrected chi connectivity index (χ4v) is 4.62. The van der Waals surface area contributed by atoms with Gasteiger partial charge in [-0.3, -0.25) is 0 Å². The zero-order valence-corrected chi connectivity index (χ0v) is 14.2. The summed E-state index contributed by atoms with van der Waals surface area (Å²) in [5, 5.41) is 0. The first-order valence-electron chi connectivity index (χ1n) is 6.29. The molecule has 7 heteroatoms. The van der Waals surface area contributed by atoms with Gasteiger partial charge in [-0.1, -0.05) is 13.8 Å². The third kappa shape index (κ3) is 4.51. The minimum atomic E-state index is -3.77. The molecule has 1 aromatic carbocycles.